The van der Waals surface area contributed by atoms with E-state index in [4.69, 9.17) is 14.5 Å². The third-order valence-corrected chi connectivity index (χ3v) is 8.87. The van der Waals surface area contributed by atoms with E-state index in [1.54, 1.807) is 61.6 Å². The fourth-order valence-corrected chi connectivity index (χ4v) is 6.51. The Labute approximate surface area is 235 Å². The molecule has 1 aliphatic heterocycles. The molecule has 10 heteroatoms. The first-order chi connectivity index (χ1) is 18.9. The zero-order valence-corrected chi connectivity index (χ0v) is 23.7. The molecule has 0 saturated carbocycles. The van der Waals surface area contributed by atoms with Crippen LogP contribution in [0.4, 0.5) is 5.69 Å². The number of amides is 2. The summed E-state index contributed by atoms with van der Waals surface area (Å²) < 4.78 is 12.7. The van der Waals surface area contributed by atoms with E-state index in [0.29, 0.717) is 35.7 Å². The van der Waals surface area contributed by atoms with Gasteiger partial charge in [-0.2, -0.15) is 0 Å². The van der Waals surface area contributed by atoms with Crippen LogP contribution >= 0.6 is 23.1 Å². The van der Waals surface area contributed by atoms with Gasteiger partial charge in [0.15, 0.2) is 4.34 Å². The zero-order chi connectivity index (χ0) is 27.4. The van der Waals surface area contributed by atoms with Crippen LogP contribution in [0.5, 0.6) is 11.5 Å². The summed E-state index contributed by atoms with van der Waals surface area (Å²) in [5.74, 6) is 1.85. The van der Waals surface area contributed by atoms with E-state index in [2.05, 4.69) is 10.2 Å². The fraction of sp³-hybridized carbons (Fsp3) is 0.276. The molecule has 0 radical (unpaired) electrons. The molecule has 0 bridgehead atoms. The normalized spacial score (nSPS) is 13.9. The van der Waals surface area contributed by atoms with Gasteiger partial charge in [-0.05, 0) is 55.6 Å². The van der Waals surface area contributed by atoms with Crippen molar-refractivity contribution in [1.29, 1.82) is 0 Å². The molecule has 0 aliphatic carbocycles. The molecular formula is C29H30N4O4S2. The van der Waals surface area contributed by atoms with Crippen molar-refractivity contribution >= 4 is 50.8 Å². The Balaban J connectivity index is 1.29. The van der Waals surface area contributed by atoms with Gasteiger partial charge < -0.3 is 24.6 Å². The van der Waals surface area contributed by atoms with Gasteiger partial charge in [0.25, 0.3) is 11.8 Å². The van der Waals surface area contributed by atoms with Gasteiger partial charge in [0.1, 0.15) is 11.5 Å². The van der Waals surface area contributed by atoms with Crippen LogP contribution in [0.25, 0.3) is 10.2 Å². The SMILES string of the molecule is COc1ccc(OC)c(CSc2nc3ccc(NC(=O)c4ccccc4C(=O)N4CCN(C)CC4)cc3s2)c1. The van der Waals surface area contributed by atoms with Gasteiger partial charge in [-0.1, -0.05) is 23.9 Å². The highest BCUT2D eigenvalue weighted by Crippen LogP contribution is 2.35. The molecule has 1 saturated heterocycles. The molecular weight excluding hydrogens is 532 g/mol. The van der Waals surface area contributed by atoms with Gasteiger partial charge in [-0.15, -0.1) is 11.3 Å². The number of likely N-dealkylation sites (N-methyl/N-ethyl adjacent to an activating group) is 1. The number of rotatable bonds is 8. The number of benzene rings is 3. The minimum atomic E-state index is -0.309. The van der Waals surface area contributed by atoms with E-state index < -0.39 is 0 Å². The zero-order valence-electron chi connectivity index (χ0n) is 22.1. The molecule has 1 fully saturated rings. The Hall–Kier alpha value is -3.60. The molecule has 5 rings (SSSR count). The predicted molar refractivity (Wildman–Crippen MR) is 157 cm³/mol. The van der Waals surface area contributed by atoms with Crippen LogP contribution < -0.4 is 14.8 Å². The van der Waals surface area contributed by atoms with E-state index in [0.717, 1.165) is 44.7 Å². The Bertz CT molecular complexity index is 1500. The second kappa shape index (κ2) is 12.1. The maximum Gasteiger partial charge on any atom is 0.256 e. The smallest absolute Gasteiger partial charge is 0.256 e. The van der Waals surface area contributed by atoms with Crippen molar-refractivity contribution in [2.24, 2.45) is 0 Å². The number of fused-ring (bicyclic) bond motifs is 1. The van der Waals surface area contributed by atoms with E-state index in [1.807, 2.05) is 48.3 Å². The van der Waals surface area contributed by atoms with Crippen LogP contribution in [-0.4, -0.2) is 74.0 Å². The molecule has 0 atom stereocenters. The number of anilines is 1. The van der Waals surface area contributed by atoms with Gasteiger partial charge >= 0.3 is 0 Å². The van der Waals surface area contributed by atoms with Gasteiger partial charge in [-0.3, -0.25) is 9.59 Å². The number of methoxy groups -OCH3 is 2. The summed E-state index contributed by atoms with van der Waals surface area (Å²) >= 11 is 3.19. The van der Waals surface area contributed by atoms with Gasteiger partial charge in [-0.25, -0.2) is 4.98 Å². The number of nitrogens with zero attached hydrogens (tertiary/aromatic N) is 3. The number of thioether (sulfide) groups is 1. The molecule has 2 amide bonds. The lowest BCUT2D eigenvalue weighted by Gasteiger charge is -2.32. The van der Waals surface area contributed by atoms with Gasteiger partial charge in [0.2, 0.25) is 0 Å². The molecule has 3 aromatic carbocycles. The number of hydrogen-bond donors (Lipinski definition) is 1. The summed E-state index contributed by atoms with van der Waals surface area (Å²) in [5.41, 5.74) is 3.34. The van der Waals surface area contributed by atoms with Crippen LogP contribution in [0, 0.1) is 0 Å². The first kappa shape index (κ1) is 27.0. The largest absolute Gasteiger partial charge is 0.497 e. The second-order valence-corrected chi connectivity index (χ2v) is 11.5. The third kappa shape index (κ3) is 6.19. The summed E-state index contributed by atoms with van der Waals surface area (Å²) in [6.45, 7) is 2.95. The molecule has 2 heterocycles. The number of carbonyl (C=O) groups excluding carboxylic acids is 2. The molecule has 39 heavy (non-hydrogen) atoms. The number of piperazine rings is 1. The summed E-state index contributed by atoms with van der Waals surface area (Å²) in [6.07, 6.45) is 0. The highest BCUT2D eigenvalue weighted by molar-refractivity contribution is 8.00. The third-order valence-electron chi connectivity index (χ3n) is 6.66. The molecule has 8 nitrogen and oxygen atoms in total. The summed E-state index contributed by atoms with van der Waals surface area (Å²) in [7, 11) is 5.35. The Kier molecular flexibility index (Phi) is 8.35. The Morgan fingerprint density at radius 2 is 1.74 bits per heavy atom. The van der Waals surface area contributed by atoms with Crippen molar-refractivity contribution < 1.29 is 19.1 Å². The predicted octanol–water partition coefficient (Wildman–Crippen LogP) is 5.25. The lowest BCUT2D eigenvalue weighted by Crippen LogP contribution is -2.47. The van der Waals surface area contributed by atoms with Crippen LogP contribution in [-0.2, 0) is 5.75 Å². The number of nitrogens with one attached hydrogen (secondary N) is 1. The van der Waals surface area contributed by atoms with Crippen molar-refractivity contribution in [2.45, 2.75) is 10.1 Å². The maximum atomic E-state index is 13.3. The fourth-order valence-electron chi connectivity index (χ4n) is 4.42. The van der Waals surface area contributed by atoms with E-state index in [-0.39, 0.29) is 11.8 Å². The topological polar surface area (TPSA) is 84.0 Å². The first-order valence-corrected chi connectivity index (χ1v) is 14.4. The Morgan fingerprint density at radius 3 is 2.49 bits per heavy atom. The van der Waals surface area contributed by atoms with Crippen molar-refractivity contribution in [3.63, 3.8) is 0 Å². The van der Waals surface area contributed by atoms with Crippen molar-refractivity contribution in [2.75, 3.05) is 52.8 Å². The molecule has 4 aromatic rings. The van der Waals surface area contributed by atoms with Gasteiger partial charge in [0.05, 0.1) is 35.6 Å². The van der Waals surface area contributed by atoms with Gasteiger partial charge in [0, 0.05) is 43.2 Å². The minimum absolute atomic E-state index is 0.110. The number of hydrogen-bond acceptors (Lipinski definition) is 8. The number of ether oxygens (including phenoxy) is 2. The summed E-state index contributed by atoms with van der Waals surface area (Å²) in [6, 6.07) is 18.4. The van der Waals surface area contributed by atoms with Crippen LogP contribution in [0.2, 0.25) is 0 Å². The van der Waals surface area contributed by atoms with Crippen molar-refractivity contribution in [3.05, 3.63) is 77.4 Å². The van der Waals surface area contributed by atoms with Crippen molar-refractivity contribution in [1.82, 2.24) is 14.8 Å². The van der Waals surface area contributed by atoms with Crippen LogP contribution in [0.3, 0.4) is 0 Å². The molecule has 1 N–H and O–H groups in total. The standard InChI is InChI=1S/C29H30N4O4S2/c1-32-12-14-33(15-13-32)28(35)23-7-5-4-6-22(23)27(34)30-20-8-10-24-26(17-20)39-29(31-24)38-18-19-16-21(36-2)9-11-25(19)37-3/h4-11,16-17H,12-15,18H2,1-3H3,(H,30,34). The molecule has 0 unspecified atom stereocenters. The first-order valence-electron chi connectivity index (χ1n) is 12.6. The van der Waals surface area contributed by atoms with E-state index in [1.165, 1.54) is 0 Å². The molecule has 1 aromatic heterocycles. The highest BCUT2D eigenvalue weighted by Gasteiger charge is 2.24. The number of thiazole rings is 1. The monoisotopic (exact) mass is 562 g/mol. The molecule has 202 valence electrons. The number of carbonyl (C=O) groups is 2. The summed E-state index contributed by atoms with van der Waals surface area (Å²) in [4.78, 5) is 35.2. The summed E-state index contributed by atoms with van der Waals surface area (Å²) in [5, 5.41) is 2.97. The Morgan fingerprint density at radius 1 is 0.974 bits per heavy atom. The lowest BCUT2D eigenvalue weighted by atomic mass is 10.0. The average Bonchev–Trinajstić information content (AvgIpc) is 3.38. The second-order valence-electron chi connectivity index (χ2n) is 9.22. The molecule has 0 spiro atoms. The minimum Gasteiger partial charge on any atom is -0.497 e. The highest BCUT2D eigenvalue weighted by atomic mass is 32.2. The van der Waals surface area contributed by atoms with Crippen molar-refractivity contribution in [3.8, 4) is 11.5 Å². The molecule has 1 aliphatic rings. The maximum absolute atomic E-state index is 13.3. The quantitative estimate of drug-likeness (QED) is 0.294. The van der Waals surface area contributed by atoms with Crippen LogP contribution in [0.1, 0.15) is 26.3 Å². The van der Waals surface area contributed by atoms with E-state index in [9.17, 15) is 9.59 Å². The van der Waals surface area contributed by atoms with Crippen LogP contribution in [0.15, 0.2) is 65.0 Å². The lowest BCUT2D eigenvalue weighted by molar-refractivity contribution is 0.0660. The average molecular weight is 563 g/mol. The number of aromatic nitrogens is 1. The van der Waals surface area contributed by atoms with E-state index >= 15 is 0 Å².